The normalized spacial score (nSPS) is 17.7. The number of thioether (sulfide) groups is 1. The van der Waals surface area contributed by atoms with Gasteiger partial charge in [-0.3, -0.25) is 4.79 Å². The van der Waals surface area contributed by atoms with Gasteiger partial charge in [0.2, 0.25) is 18.6 Å². The minimum atomic E-state index is 0.0268. The Labute approximate surface area is 184 Å². The van der Waals surface area contributed by atoms with E-state index in [0.717, 1.165) is 41.2 Å². The third-order valence-electron chi connectivity index (χ3n) is 5.54. The van der Waals surface area contributed by atoms with E-state index in [1.54, 1.807) is 11.8 Å². The molecule has 0 radical (unpaired) electrons. The number of nitrogens with zero attached hydrogens (tertiary/aromatic N) is 3. The lowest BCUT2D eigenvalue weighted by Crippen LogP contribution is -2.39. The Hall–Kier alpha value is -3.00. The van der Waals surface area contributed by atoms with E-state index in [4.69, 9.17) is 13.9 Å². The summed E-state index contributed by atoms with van der Waals surface area (Å²) in [5.41, 5.74) is 1.55. The quantitative estimate of drug-likeness (QED) is 0.540. The van der Waals surface area contributed by atoms with Gasteiger partial charge in [-0.05, 0) is 48.9 Å². The molecule has 3 heterocycles. The number of ether oxygens (including phenoxy) is 2. The molecule has 1 atom stereocenters. The lowest BCUT2D eigenvalue weighted by molar-refractivity contribution is 0.0695. The maximum absolute atomic E-state index is 13.2. The van der Waals surface area contributed by atoms with E-state index in [2.05, 4.69) is 17.1 Å². The first-order valence-corrected chi connectivity index (χ1v) is 11.5. The van der Waals surface area contributed by atoms with Gasteiger partial charge in [0.05, 0.1) is 11.5 Å². The molecule has 31 heavy (non-hydrogen) atoms. The number of aromatic nitrogens is 2. The highest BCUT2D eigenvalue weighted by molar-refractivity contribution is 7.99. The van der Waals surface area contributed by atoms with Crippen molar-refractivity contribution >= 4 is 17.7 Å². The van der Waals surface area contributed by atoms with Crippen LogP contribution in [-0.4, -0.2) is 46.6 Å². The predicted molar refractivity (Wildman–Crippen MR) is 117 cm³/mol. The van der Waals surface area contributed by atoms with Crippen molar-refractivity contribution in [3.8, 4) is 23.0 Å². The van der Waals surface area contributed by atoms with Crippen LogP contribution in [0.2, 0.25) is 0 Å². The number of rotatable bonds is 5. The van der Waals surface area contributed by atoms with Crippen molar-refractivity contribution in [1.82, 2.24) is 15.1 Å². The van der Waals surface area contributed by atoms with Crippen LogP contribution in [0, 0.1) is 0 Å². The van der Waals surface area contributed by atoms with Crippen molar-refractivity contribution in [2.24, 2.45) is 0 Å². The number of carbonyl (C=O) groups excluding carboxylic acids is 1. The lowest BCUT2D eigenvalue weighted by atomic mass is 9.97. The molecule has 1 aromatic heterocycles. The lowest BCUT2D eigenvalue weighted by Gasteiger charge is -2.31. The monoisotopic (exact) mass is 437 g/mol. The van der Waals surface area contributed by atoms with E-state index in [-0.39, 0.29) is 18.6 Å². The van der Waals surface area contributed by atoms with Crippen molar-refractivity contribution in [2.75, 3.05) is 25.6 Å². The SMILES string of the molecule is CCSc1ccccc1C(=O)N1CCCC(c2nnc(-c3ccc4c(c3)OCO4)o2)C1. The van der Waals surface area contributed by atoms with Gasteiger partial charge >= 0.3 is 0 Å². The molecule has 2 aliphatic heterocycles. The van der Waals surface area contributed by atoms with Gasteiger partial charge in [-0.2, -0.15) is 0 Å². The van der Waals surface area contributed by atoms with E-state index in [9.17, 15) is 4.79 Å². The molecule has 1 amide bonds. The molecule has 0 N–H and O–H groups in total. The molecule has 0 spiro atoms. The van der Waals surface area contributed by atoms with Crippen molar-refractivity contribution in [3.05, 3.63) is 53.9 Å². The summed E-state index contributed by atoms with van der Waals surface area (Å²) in [7, 11) is 0. The van der Waals surface area contributed by atoms with Crippen LogP contribution in [0.1, 0.15) is 41.9 Å². The number of piperidine rings is 1. The number of likely N-dealkylation sites (tertiary alicyclic amines) is 1. The van der Waals surface area contributed by atoms with Gasteiger partial charge in [-0.25, -0.2) is 0 Å². The minimum Gasteiger partial charge on any atom is -0.454 e. The summed E-state index contributed by atoms with van der Waals surface area (Å²) in [5.74, 6) is 3.43. The summed E-state index contributed by atoms with van der Waals surface area (Å²) < 4.78 is 16.8. The molecule has 7 nitrogen and oxygen atoms in total. The zero-order valence-electron chi connectivity index (χ0n) is 17.2. The number of benzene rings is 2. The first kappa shape index (κ1) is 19.9. The summed E-state index contributed by atoms with van der Waals surface area (Å²) in [6, 6.07) is 13.4. The number of amides is 1. The Kier molecular flexibility index (Phi) is 5.55. The van der Waals surface area contributed by atoms with Crippen LogP contribution in [-0.2, 0) is 0 Å². The molecule has 1 fully saturated rings. The Balaban J connectivity index is 1.33. The molecule has 1 saturated heterocycles. The van der Waals surface area contributed by atoms with E-state index < -0.39 is 0 Å². The average Bonchev–Trinajstić information content (AvgIpc) is 3.49. The molecule has 160 valence electrons. The van der Waals surface area contributed by atoms with E-state index in [0.29, 0.717) is 29.8 Å². The van der Waals surface area contributed by atoms with Gasteiger partial charge < -0.3 is 18.8 Å². The molecule has 2 aliphatic rings. The average molecular weight is 438 g/mol. The topological polar surface area (TPSA) is 77.7 Å². The molecule has 0 saturated carbocycles. The third-order valence-corrected chi connectivity index (χ3v) is 6.49. The van der Waals surface area contributed by atoms with Gasteiger partial charge in [0.25, 0.3) is 5.91 Å². The fraction of sp³-hybridized carbons (Fsp3) is 0.348. The molecule has 1 unspecified atom stereocenters. The summed E-state index contributed by atoms with van der Waals surface area (Å²) in [6.07, 6.45) is 1.82. The highest BCUT2D eigenvalue weighted by Gasteiger charge is 2.30. The molecule has 8 heteroatoms. The Morgan fingerprint density at radius 3 is 2.94 bits per heavy atom. The van der Waals surface area contributed by atoms with Gasteiger partial charge in [-0.15, -0.1) is 22.0 Å². The highest BCUT2D eigenvalue weighted by atomic mass is 32.2. The molecular formula is C23H23N3O4S. The molecular weight excluding hydrogens is 414 g/mol. The van der Waals surface area contributed by atoms with Crippen LogP contribution >= 0.6 is 11.8 Å². The Bertz CT molecular complexity index is 1100. The van der Waals surface area contributed by atoms with Crippen LogP contribution in [0.15, 0.2) is 51.8 Å². The van der Waals surface area contributed by atoms with Gasteiger partial charge in [0.1, 0.15) is 0 Å². The van der Waals surface area contributed by atoms with Crippen molar-refractivity contribution in [2.45, 2.75) is 30.6 Å². The highest BCUT2D eigenvalue weighted by Crippen LogP contribution is 2.36. The van der Waals surface area contributed by atoms with Gasteiger partial charge in [-0.1, -0.05) is 19.1 Å². The summed E-state index contributed by atoms with van der Waals surface area (Å²) in [6.45, 7) is 3.63. The van der Waals surface area contributed by atoms with Crippen LogP contribution in [0.5, 0.6) is 11.5 Å². The van der Waals surface area contributed by atoms with Gasteiger partial charge in [0, 0.05) is 23.5 Å². The van der Waals surface area contributed by atoms with Crippen LogP contribution in [0.25, 0.3) is 11.5 Å². The number of hydrogen-bond donors (Lipinski definition) is 0. The maximum Gasteiger partial charge on any atom is 0.255 e. The number of hydrogen-bond acceptors (Lipinski definition) is 7. The fourth-order valence-corrected chi connectivity index (χ4v) is 4.80. The maximum atomic E-state index is 13.2. The van der Waals surface area contributed by atoms with E-state index >= 15 is 0 Å². The van der Waals surface area contributed by atoms with Crippen LogP contribution in [0.4, 0.5) is 0 Å². The van der Waals surface area contributed by atoms with Crippen molar-refractivity contribution in [3.63, 3.8) is 0 Å². The number of carbonyl (C=O) groups is 1. The number of fused-ring (bicyclic) bond motifs is 1. The van der Waals surface area contributed by atoms with Crippen molar-refractivity contribution in [1.29, 1.82) is 0 Å². The second-order valence-electron chi connectivity index (χ2n) is 7.53. The minimum absolute atomic E-state index is 0.0268. The zero-order chi connectivity index (χ0) is 21.2. The standard InChI is InChI=1S/C23H23N3O4S/c1-2-31-20-8-4-3-7-17(20)23(27)26-11-5-6-16(13-26)22-25-24-21(30-22)15-9-10-18-19(12-15)29-14-28-18/h3-4,7-10,12,16H,2,5-6,11,13-14H2,1H3. The molecule has 3 aromatic rings. The first-order valence-electron chi connectivity index (χ1n) is 10.5. The molecule has 0 aliphatic carbocycles. The summed E-state index contributed by atoms with van der Waals surface area (Å²) >= 11 is 1.69. The van der Waals surface area contributed by atoms with Crippen molar-refractivity contribution < 1.29 is 18.7 Å². The molecule has 5 rings (SSSR count). The van der Waals surface area contributed by atoms with E-state index in [1.165, 1.54) is 0 Å². The third kappa shape index (κ3) is 3.99. The predicted octanol–water partition coefficient (Wildman–Crippen LogP) is 4.60. The zero-order valence-corrected chi connectivity index (χ0v) is 18.1. The second-order valence-corrected chi connectivity index (χ2v) is 8.84. The molecule has 0 bridgehead atoms. The summed E-state index contributed by atoms with van der Waals surface area (Å²) in [4.78, 5) is 16.2. The molecule has 2 aromatic carbocycles. The van der Waals surface area contributed by atoms with E-state index in [1.807, 2.05) is 47.4 Å². The summed E-state index contributed by atoms with van der Waals surface area (Å²) in [5, 5.41) is 8.53. The first-order chi connectivity index (χ1) is 15.2. The van der Waals surface area contributed by atoms with Gasteiger partial charge in [0.15, 0.2) is 11.5 Å². The van der Waals surface area contributed by atoms with Crippen LogP contribution in [0.3, 0.4) is 0 Å². The largest absolute Gasteiger partial charge is 0.454 e. The second kappa shape index (κ2) is 8.63. The fourth-order valence-electron chi connectivity index (χ4n) is 4.00. The smallest absolute Gasteiger partial charge is 0.255 e. The Morgan fingerprint density at radius 1 is 1.16 bits per heavy atom. The Morgan fingerprint density at radius 2 is 2.03 bits per heavy atom. The van der Waals surface area contributed by atoms with Crippen LogP contribution < -0.4 is 9.47 Å².